The number of nitrogens with one attached hydrogen (secondary N) is 2. The maximum Gasteiger partial charge on any atom is 0.323 e. The van der Waals surface area contributed by atoms with Gasteiger partial charge in [-0.25, -0.2) is 0 Å². The van der Waals surface area contributed by atoms with Gasteiger partial charge in [-0.15, -0.1) is 0 Å². The fourth-order valence-electron chi connectivity index (χ4n) is 3.68. The van der Waals surface area contributed by atoms with Crippen molar-refractivity contribution in [2.75, 3.05) is 7.11 Å². The molecule has 0 bridgehead atoms. The molecule has 6 nitrogen and oxygen atoms in total. The second-order valence-electron chi connectivity index (χ2n) is 6.29. The van der Waals surface area contributed by atoms with E-state index in [1.54, 1.807) is 4.68 Å². The molecule has 3 aromatic rings. The summed E-state index contributed by atoms with van der Waals surface area (Å²) >= 11 is 0. The molecule has 1 aromatic carbocycles. The zero-order chi connectivity index (χ0) is 16.8. The van der Waals surface area contributed by atoms with Crippen LogP contribution >= 0.6 is 0 Å². The molecule has 0 radical (unpaired) electrons. The minimum Gasteiger partial charge on any atom is -0.468 e. The number of H-pyrrole nitrogens is 1. The van der Waals surface area contributed by atoms with Gasteiger partial charge in [0.1, 0.15) is 6.04 Å². The van der Waals surface area contributed by atoms with Gasteiger partial charge < -0.3 is 9.72 Å². The van der Waals surface area contributed by atoms with Crippen molar-refractivity contribution in [1.29, 1.82) is 0 Å². The van der Waals surface area contributed by atoms with Gasteiger partial charge in [-0.3, -0.25) is 14.8 Å². The summed E-state index contributed by atoms with van der Waals surface area (Å²) in [4.78, 5) is 15.7. The normalized spacial score (nSPS) is 20.1. The van der Waals surface area contributed by atoms with Crippen LogP contribution in [0.2, 0.25) is 0 Å². The Morgan fingerprint density at radius 2 is 2.17 bits per heavy atom. The number of carbonyl (C=O) groups excluding carboxylic acids is 1. The summed E-state index contributed by atoms with van der Waals surface area (Å²) in [5.41, 5.74) is 5.38. The van der Waals surface area contributed by atoms with E-state index in [1.165, 1.54) is 12.7 Å². The predicted octanol–water partition coefficient (Wildman–Crippen LogP) is 1.99. The molecule has 0 unspecified atom stereocenters. The Balaban J connectivity index is 1.90. The summed E-state index contributed by atoms with van der Waals surface area (Å²) in [6.45, 7) is 1.99. The maximum absolute atomic E-state index is 12.2. The molecule has 4 rings (SSSR count). The number of aromatic amines is 1. The lowest BCUT2D eigenvalue weighted by Gasteiger charge is -2.29. The van der Waals surface area contributed by atoms with Crippen LogP contribution in [0.25, 0.3) is 10.9 Å². The molecule has 1 aliphatic heterocycles. The molecule has 3 heterocycles. The number of aryl methyl sites for hydroxylation is 2. The number of hydrogen-bond donors (Lipinski definition) is 2. The average molecular weight is 324 g/mol. The van der Waals surface area contributed by atoms with E-state index in [1.807, 2.05) is 32.3 Å². The van der Waals surface area contributed by atoms with E-state index in [-0.39, 0.29) is 18.1 Å². The Morgan fingerprint density at radius 1 is 1.38 bits per heavy atom. The first kappa shape index (κ1) is 15.0. The number of ether oxygens (including phenoxy) is 1. The maximum atomic E-state index is 12.2. The number of hydrogen-bond acceptors (Lipinski definition) is 4. The highest BCUT2D eigenvalue weighted by Gasteiger charge is 2.35. The van der Waals surface area contributed by atoms with Crippen LogP contribution in [0.4, 0.5) is 0 Å². The highest BCUT2D eigenvalue weighted by atomic mass is 16.5. The molecular weight excluding hydrogens is 304 g/mol. The smallest absolute Gasteiger partial charge is 0.323 e. The largest absolute Gasteiger partial charge is 0.468 e. The summed E-state index contributed by atoms with van der Waals surface area (Å²) in [7, 11) is 3.34. The van der Waals surface area contributed by atoms with Crippen molar-refractivity contribution >= 4 is 16.9 Å². The van der Waals surface area contributed by atoms with Crippen LogP contribution in [0, 0.1) is 6.92 Å². The average Bonchev–Trinajstić information content (AvgIpc) is 3.12. The van der Waals surface area contributed by atoms with Crippen LogP contribution in [-0.4, -0.2) is 33.9 Å². The van der Waals surface area contributed by atoms with E-state index in [4.69, 9.17) is 4.74 Å². The lowest BCUT2D eigenvalue weighted by Crippen LogP contribution is -2.45. The van der Waals surface area contributed by atoms with Crippen LogP contribution < -0.4 is 5.32 Å². The molecule has 0 amide bonds. The molecule has 6 heteroatoms. The highest BCUT2D eigenvalue weighted by Crippen LogP contribution is 2.36. The van der Waals surface area contributed by atoms with Crippen molar-refractivity contribution in [3.05, 3.63) is 53.0 Å². The topological polar surface area (TPSA) is 71.9 Å². The first-order valence-corrected chi connectivity index (χ1v) is 8.02. The first-order valence-electron chi connectivity index (χ1n) is 8.02. The fraction of sp³-hybridized carbons (Fsp3) is 0.333. The Kier molecular flexibility index (Phi) is 3.42. The van der Waals surface area contributed by atoms with Gasteiger partial charge in [-0.2, -0.15) is 5.10 Å². The molecule has 124 valence electrons. The number of rotatable bonds is 2. The zero-order valence-corrected chi connectivity index (χ0v) is 14.0. The number of aromatic nitrogens is 3. The van der Waals surface area contributed by atoms with Crippen molar-refractivity contribution in [3.8, 4) is 0 Å². The number of methoxy groups -OCH3 is 1. The minimum absolute atomic E-state index is 0.112. The molecular formula is C18H20N4O2. The van der Waals surface area contributed by atoms with E-state index in [9.17, 15) is 4.79 Å². The molecule has 0 saturated heterocycles. The van der Waals surface area contributed by atoms with Gasteiger partial charge in [0.25, 0.3) is 0 Å². The SMILES string of the molecule is COC(=O)[C@@H]1Cc2c([nH]c3ccccc23)[C@@H](c2cn(C)nc2C)N1. The summed E-state index contributed by atoms with van der Waals surface area (Å²) in [5, 5.41) is 9.04. The lowest BCUT2D eigenvalue weighted by atomic mass is 9.90. The van der Waals surface area contributed by atoms with Crippen LogP contribution in [0.1, 0.15) is 28.6 Å². The fourth-order valence-corrected chi connectivity index (χ4v) is 3.68. The predicted molar refractivity (Wildman–Crippen MR) is 90.7 cm³/mol. The third kappa shape index (κ3) is 2.22. The molecule has 2 atom stereocenters. The quantitative estimate of drug-likeness (QED) is 0.707. The van der Waals surface area contributed by atoms with E-state index >= 15 is 0 Å². The van der Waals surface area contributed by atoms with E-state index < -0.39 is 0 Å². The van der Waals surface area contributed by atoms with Gasteiger partial charge in [-0.05, 0) is 18.6 Å². The molecule has 2 aromatic heterocycles. The number of carbonyl (C=O) groups is 1. The molecule has 2 N–H and O–H groups in total. The summed E-state index contributed by atoms with van der Waals surface area (Å²) < 4.78 is 6.78. The van der Waals surface area contributed by atoms with E-state index in [2.05, 4.69) is 27.5 Å². The van der Waals surface area contributed by atoms with Gasteiger partial charge >= 0.3 is 5.97 Å². The van der Waals surface area contributed by atoms with Crippen LogP contribution in [0.3, 0.4) is 0 Å². The van der Waals surface area contributed by atoms with Gasteiger partial charge in [0.05, 0.1) is 18.8 Å². The van der Waals surface area contributed by atoms with Crippen LogP contribution in [0.5, 0.6) is 0 Å². The Labute approximate surface area is 139 Å². The third-order valence-electron chi connectivity index (χ3n) is 4.76. The summed E-state index contributed by atoms with van der Waals surface area (Å²) in [6.07, 6.45) is 2.61. The number of fused-ring (bicyclic) bond motifs is 3. The lowest BCUT2D eigenvalue weighted by molar-refractivity contribution is -0.143. The summed E-state index contributed by atoms with van der Waals surface area (Å²) in [6, 6.07) is 7.71. The second-order valence-corrected chi connectivity index (χ2v) is 6.29. The van der Waals surface area contributed by atoms with Gasteiger partial charge in [0.2, 0.25) is 0 Å². The van der Waals surface area contributed by atoms with Crippen molar-refractivity contribution in [3.63, 3.8) is 0 Å². The second kappa shape index (κ2) is 5.49. The standard InChI is InChI=1S/C18H20N4O2/c1-10-13(9-22(2)21-10)17-16-12(8-15(20-17)18(23)24-3)11-6-4-5-7-14(11)19-16/h4-7,9,15,17,19-20H,8H2,1-3H3/t15-,17+/m0/s1. The van der Waals surface area contributed by atoms with Crippen LogP contribution in [0.15, 0.2) is 30.5 Å². The molecule has 24 heavy (non-hydrogen) atoms. The van der Waals surface area contributed by atoms with Crippen molar-refractivity contribution < 1.29 is 9.53 Å². The third-order valence-corrected chi connectivity index (χ3v) is 4.76. The zero-order valence-electron chi connectivity index (χ0n) is 14.0. The molecule has 0 saturated carbocycles. The molecule has 1 aliphatic rings. The number of esters is 1. The van der Waals surface area contributed by atoms with E-state index in [0.29, 0.717) is 6.42 Å². The molecule has 0 spiro atoms. The monoisotopic (exact) mass is 324 g/mol. The van der Waals surface area contributed by atoms with Gasteiger partial charge in [0, 0.05) is 41.8 Å². The van der Waals surface area contributed by atoms with Crippen molar-refractivity contribution in [1.82, 2.24) is 20.1 Å². The van der Waals surface area contributed by atoms with E-state index in [0.717, 1.165) is 27.9 Å². The first-order chi connectivity index (χ1) is 11.6. The summed E-state index contributed by atoms with van der Waals surface area (Å²) in [5.74, 6) is -0.238. The Hall–Kier alpha value is -2.60. The Morgan fingerprint density at radius 3 is 2.88 bits per heavy atom. The van der Waals surface area contributed by atoms with Crippen molar-refractivity contribution in [2.45, 2.75) is 25.4 Å². The molecule has 0 aliphatic carbocycles. The van der Waals surface area contributed by atoms with Crippen LogP contribution in [-0.2, 0) is 23.0 Å². The van der Waals surface area contributed by atoms with Gasteiger partial charge in [0.15, 0.2) is 0 Å². The minimum atomic E-state index is -0.369. The molecule has 0 fully saturated rings. The Bertz CT molecular complexity index is 924. The van der Waals surface area contributed by atoms with Crippen molar-refractivity contribution in [2.24, 2.45) is 7.05 Å². The number of benzene rings is 1. The number of para-hydroxylation sites is 1. The highest BCUT2D eigenvalue weighted by molar-refractivity contribution is 5.87. The number of nitrogens with zero attached hydrogens (tertiary/aromatic N) is 2. The van der Waals surface area contributed by atoms with Gasteiger partial charge in [-0.1, -0.05) is 18.2 Å².